The Balaban J connectivity index is 2.13. The van der Waals surface area contributed by atoms with E-state index in [1.54, 1.807) is 44.6 Å². The van der Waals surface area contributed by atoms with Crippen LogP contribution in [0.3, 0.4) is 0 Å². The molecule has 0 saturated heterocycles. The van der Waals surface area contributed by atoms with Gasteiger partial charge in [-0.3, -0.25) is 4.79 Å². The molecule has 9 heteroatoms. The predicted octanol–water partition coefficient (Wildman–Crippen LogP) is 2.55. The Labute approximate surface area is 202 Å². The molecule has 0 saturated carbocycles. The lowest BCUT2D eigenvalue weighted by atomic mass is 9.95. The number of hydrogen-bond donors (Lipinski definition) is 3. The van der Waals surface area contributed by atoms with Gasteiger partial charge in [-0.25, -0.2) is 19.2 Å². The predicted molar refractivity (Wildman–Crippen MR) is 128 cm³/mol. The lowest BCUT2D eigenvalue weighted by Crippen LogP contribution is -2.23. The normalized spacial score (nSPS) is 12.6. The van der Waals surface area contributed by atoms with Crippen molar-refractivity contribution in [3.63, 3.8) is 0 Å². The molecule has 0 fully saturated rings. The van der Waals surface area contributed by atoms with Gasteiger partial charge in [0.25, 0.3) is 0 Å². The number of halogens is 2. The minimum atomic E-state index is -1.19. The van der Waals surface area contributed by atoms with Gasteiger partial charge < -0.3 is 15.0 Å². The van der Waals surface area contributed by atoms with Crippen molar-refractivity contribution in [2.45, 2.75) is 31.9 Å². The summed E-state index contributed by atoms with van der Waals surface area (Å²) in [5.41, 5.74) is 4.75. The fourth-order valence-electron chi connectivity index (χ4n) is 3.54. The van der Waals surface area contributed by atoms with E-state index >= 15 is 0 Å². The average Bonchev–Trinajstić information content (AvgIpc) is 2.79. The number of pyridine rings is 2. The Hall–Kier alpha value is -3.87. The van der Waals surface area contributed by atoms with E-state index in [4.69, 9.17) is 4.98 Å². The number of nitrogens with one attached hydrogen (secondary N) is 2. The van der Waals surface area contributed by atoms with Crippen LogP contribution in [-0.2, 0) is 18.3 Å². The first kappa shape index (κ1) is 25.7. The molecule has 0 aliphatic carbocycles. The van der Waals surface area contributed by atoms with Crippen LogP contribution < -0.4 is 16.2 Å². The topological polar surface area (TPSA) is 91.5 Å². The third-order valence-corrected chi connectivity index (χ3v) is 5.11. The van der Waals surface area contributed by atoms with Crippen LogP contribution in [0, 0.1) is 23.5 Å². The Morgan fingerprint density at radius 1 is 1.20 bits per heavy atom. The summed E-state index contributed by atoms with van der Waals surface area (Å²) in [6.45, 7) is 3.16. The number of aryl methyl sites for hydroxylation is 1. The van der Waals surface area contributed by atoms with Crippen molar-refractivity contribution in [2.75, 3.05) is 7.05 Å². The average molecular weight is 480 g/mol. The Morgan fingerprint density at radius 2 is 1.91 bits per heavy atom. The van der Waals surface area contributed by atoms with Gasteiger partial charge in [-0.2, -0.15) is 5.10 Å². The van der Waals surface area contributed by atoms with E-state index in [9.17, 15) is 18.7 Å². The van der Waals surface area contributed by atoms with Crippen LogP contribution in [0.2, 0.25) is 0 Å². The Morgan fingerprint density at radius 3 is 2.51 bits per heavy atom. The van der Waals surface area contributed by atoms with E-state index in [1.165, 1.54) is 12.1 Å². The van der Waals surface area contributed by atoms with Crippen molar-refractivity contribution in [3.8, 4) is 23.0 Å². The molecule has 0 aliphatic rings. The van der Waals surface area contributed by atoms with Gasteiger partial charge in [0.1, 0.15) is 22.9 Å². The SMILES string of the molecule is CNC(Cc1cc(F)cc(F)c1)c1nc(C#CC(C)(C)O)ccc1-c1cc/c(=N/NC=O)n(C)c1. The molecule has 3 aromatic rings. The number of rotatable bonds is 7. The van der Waals surface area contributed by atoms with Gasteiger partial charge in [0.05, 0.1) is 11.7 Å². The van der Waals surface area contributed by atoms with Crippen LogP contribution in [-0.4, -0.2) is 33.7 Å². The molecule has 0 spiro atoms. The molecule has 7 nitrogen and oxygen atoms in total. The standard InChI is InChI=1S/C26H27F2N5O2/c1-26(2,35)10-9-21-6-7-22(18-5-8-24(32-30-16-34)33(4)15-18)25(31-21)23(29-3)13-17-11-19(27)14-20(28)12-17/h5-8,11-12,14-16,23,29,35H,13H2,1-4H3,(H,30,34)/b32-24-. The van der Waals surface area contributed by atoms with E-state index in [-0.39, 0.29) is 6.42 Å². The van der Waals surface area contributed by atoms with Crippen molar-refractivity contribution in [2.24, 2.45) is 12.1 Å². The van der Waals surface area contributed by atoms with Crippen LogP contribution >= 0.6 is 0 Å². The molecular formula is C26H27F2N5O2. The Bertz CT molecular complexity index is 1330. The van der Waals surface area contributed by atoms with Gasteiger partial charge in [0.15, 0.2) is 5.49 Å². The van der Waals surface area contributed by atoms with Gasteiger partial charge in [-0.15, -0.1) is 0 Å². The zero-order valence-corrected chi connectivity index (χ0v) is 19.9. The van der Waals surface area contributed by atoms with Gasteiger partial charge in [0.2, 0.25) is 6.41 Å². The van der Waals surface area contributed by atoms with Crippen LogP contribution in [0.25, 0.3) is 11.1 Å². The molecule has 1 aromatic carbocycles. The summed E-state index contributed by atoms with van der Waals surface area (Å²) in [7, 11) is 3.53. The summed E-state index contributed by atoms with van der Waals surface area (Å²) in [5.74, 6) is 4.34. The van der Waals surface area contributed by atoms with Gasteiger partial charge in [-0.05, 0) is 80.8 Å². The summed E-state index contributed by atoms with van der Waals surface area (Å²) in [6.07, 6.45) is 2.59. The van der Waals surface area contributed by atoms with Crippen molar-refractivity contribution in [1.82, 2.24) is 20.3 Å². The van der Waals surface area contributed by atoms with Crippen molar-refractivity contribution in [1.29, 1.82) is 0 Å². The minimum absolute atomic E-state index is 0.274. The highest BCUT2D eigenvalue weighted by Crippen LogP contribution is 2.29. The molecule has 2 aromatic heterocycles. The molecule has 1 unspecified atom stereocenters. The molecule has 3 N–H and O–H groups in total. The van der Waals surface area contributed by atoms with Gasteiger partial charge in [0, 0.05) is 24.9 Å². The fourth-order valence-corrected chi connectivity index (χ4v) is 3.54. The number of likely N-dealkylation sites (N-methyl/N-ethyl adjacent to an activating group) is 1. The smallest absolute Gasteiger partial charge is 0.227 e. The maximum atomic E-state index is 13.8. The molecule has 182 valence electrons. The van der Waals surface area contributed by atoms with Crippen LogP contribution in [0.15, 0.2) is 53.8 Å². The van der Waals surface area contributed by atoms with Crippen LogP contribution in [0.5, 0.6) is 0 Å². The van der Waals surface area contributed by atoms with E-state index in [0.717, 1.165) is 17.2 Å². The highest BCUT2D eigenvalue weighted by molar-refractivity contribution is 5.66. The summed E-state index contributed by atoms with van der Waals surface area (Å²) in [6, 6.07) is 10.2. The summed E-state index contributed by atoms with van der Waals surface area (Å²) < 4.78 is 29.4. The first-order valence-electron chi connectivity index (χ1n) is 10.9. The number of amides is 1. The number of benzene rings is 1. The zero-order chi connectivity index (χ0) is 25.6. The van der Waals surface area contributed by atoms with Gasteiger partial charge in [-0.1, -0.05) is 5.92 Å². The number of nitrogens with zero attached hydrogens (tertiary/aromatic N) is 3. The van der Waals surface area contributed by atoms with E-state index < -0.39 is 23.3 Å². The molecule has 0 radical (unpaired) electrons. The van der Waals surface area contributed by atoms with Crippen molar-refractivity contribution < 1.29 is 18.7 Å². The second kappa shape index (κ2) is 11.0. The maximum Gasteiger partial charge on any atom is 0.227 e. The lowest BCUT2D eigenvalue weighted by Gasteiger charge is -2.20. The molecule has 3 rings (SSSR count). The fraction of sp³-hybridized carbons (Fsp3) is 0.269. The quantitative estimate of drug-likeness (QED) is 0.276. The summed E-state index contributed by atoms with van der Waals surface area (Å²) in [4.78, 5) is 15.3. The highest BCUT2D eigenvalue weighted by atomic mass is 19.1. The molecule has 2 heterocycles. The molecule has 1 amide bonds. The zero-order valence-electron chi connectivity index (χ0n) is 19.9. The summed E-state index contributed by atoms with van der Waals surface area (Å²) in [5, 5.41) is 17.1. The lowest BCUT2D eigenvalue weighted by molar-refractivity contribution is -0.109. The number of carbonyl (C=O) groups is 1. The van der Waals surface area contributed by atoms with Crippen molar-refractivity contribution in [3.05, 3.63) is 82.7 Å². The molecular weight excluding hydrogens is 452 g/mol. The van der Waals surface area contributed by atoms with Crippen LogP contribution in [0.1, 0.15) is 36.8 Å². The highest BCUT2D eigenvalue weighted by Gasteiger charge is 2.19. The first-order chi connectivity index (χ1) is 16.6. The van der Waals surface area contributed by atoms with Crippen LogP contribution in [0.4, 0.5) is 8.78 Å². The number of carbonyl (C=O) groups excluding carboxylic acids is 1. The molecule has 35 heavy (non-hydrogen) atoms. The largest absolute Gasteiger partial charge is 0.378 e. The van der Waals surface area contributed by atoms with E-state index in [1.807, 2.05) is 18.3 Å². The second-order valence-corrected chi connectivity index (χ2v) is 8.51. The third kappa shape index (κ3) is 7.06. The van der Waals surface area contributed by atoms with Gasteiger partial charge >= 0.3 is 0 Å². The van der Waals surface area contributed by atoms with E-state index in [2.05, 4.69) is 27.7 Å². The third-order valence-electron chi connectivity index (χ3n) is 5.11. The molecule has 0 bridgehead atoms. The first-order valence-corrected chi connectivity index (χ1v) is 10.9. The Kier molecular flexibility index (Phi) is 8.12. The van der Waals surface area contributed by atoms with Crippen molar-refractivity contribution >= 4 is 6.41 Å². The maximum absolute atomic E-state index is 13.8. The number of hydrogen-bond acceptors (Lipinski definition) is 5. The molecule has 1 atom stereocenters. The second-order valence-electron chi connectivity index (χ2n) is 8.51. The summed E-state index contributed by atoms with van der Waals surface area (Å²) >= 11 is 0. The number of aliphatic hydroxyl groups is 1. The van der Waals surface area contributed by atoms with E-state index in [0.29, 0.717) is 28.8 Å². The minimum Gasteiger partial charge on any atom is -0.378 e. The monoisotopic (exact) mass is 479 g/mol. The number of aromatic nitrogens is 2. The molecule has 0 aliphatic heterocycles.